The van der Waals surface area contributed by atoms with Crippen molar-refractivity contribution in [3.05, 3.63) is 0 Å². The zero-order valence-corrected chi connectivity index (χ0v) is 14.6. The number of rotatable bonds is 5. The van der Waals surface area contributed by atoms with Crippen LogP contribution in [0.5, 0.6) is 0 Å². The summed E-state index contributed by atoms with van der Waals surface area (Å²) in [5.74, 6) is 0.564. The van der Waals surface area contributed by atoms with Crippen LogP contribution in [-0.2, 0) is 4.79 Å². The first-order valence-corrected chi connectivity index (χ1v) is 9.15. The zero-order valence-electron chi connectivity index (χ0n) is 14.6. The van der Waals surface area contributed by atoms with Crippen LogP contribution in [0.25, 0.3) is 0 Å². The van der Waals surface area contributed by atoms with Gasteiger partial charge in [-0.15, -0.1) is 0 Å². The molecule has 1 N–H and O–H groups in total. The Morgan fingerprint density at radius 1 is 1.05 bits per heavy atom. The van der Waals surface area contributed by atoms with Crippen LogP contribution in [0.1, 0.15) is 64.7 Å². The fraction of sp³-hybridized carbons (Fsp3) is 0.944. The highest BCUT2D eigenvalue weighted by Gasteiger charge is 2.30. The van der Waals surface area contributed by atoms with Crippen molar-refractivity contribution in [2.24, 2.45) is 5.92 Å². The summed E-state index contributed by atoms with van der Waals surface area (Å²) in [6.07, 6.45) is 10.3. The van der Waals surface area contributed by atoms with Crippen molar-refractivity contribution in [1.29, 1.82) is 0 Å². The highest BCUT2D eigenvalue weighted by atomic mass is 16.3. The van der Waals surface area contributed by atoms with Crippen molar-refractivity contribution < 1.29 is 9.90 Å². The molecular weight excluding hydrogens is 276 g/mol. The molecule has 0 aromatic carbocycles. The summed E-state index contributed by atoms with van der Waals surface area (Å²) >= 11 is 0. The maximum Gasteiger partial charge on any atom is 0.239 e. The molecule has 2 fully saturated rings. The number of carbonyl (C=O) groups excluding carboxylic acids is 1. The lowest BCUT2D eigenvalue weighted by atomic mass is 9.86. The fourth-order valence-corrected chi connectivity index (χ4v) is 4.06. The van der Waals surface area contributed by atoms with E-state index in [0.717, 1.165) is 38.6 Å². The van der Waals surface area contributed by atoms with Crippen LogP contribution in [0.3, 0.4) is 0 Å². The first kappa shape index (κ1) is 17.7. The van der Waals surface area contributed by atoms with Crippen molar-refractivity contribution in [2.75, 3.05) is 20.6 Å². The van der Waals surface area contributed by atoms with Crippen LogP contribution in [0.4, 0.5) is 0 Å². The molecular formula is C18H34N2O2. The minimum absolute atomic E-state index is 0.0962. The summed E-state index contributed by atoms with van der Waals surface area (Å²) in [4.78, 5) is 16.9. The van der Waals surface area contributed by atoms with E-state index in [2.05, 4.69) is 4.90 Å². The summed E-state index contributed by atoms with van der Waals surface area (Å²) in [5, 5.41) is 10.1. The molecule has 22 heavy (non-hydrogen) atoms. The Balaban J connectivity index is 1.85. The van der Waals surface area contributed by atoms with E-state index in [4.69, 9.17) is 0 Å². The van der Waals surface area contributed by atoms with Crippen LogP contribution < -0.4 is 0 Å². The van der Waals surface area contributed by atoms with Gasteiger partial charge in [0, 0.05) is 19.6 Å². The number of hydrogen-bond acceptors (Lipinski definition) is 3. The molecule has 128 valence electrons. The third kappa shape index (κ3) is 4.45. The number of hydrogen-bond donors (Lipinski definition) is 1. The third-order valence-electron chi connectivity index (χ3n) is 5.88. The molecule has 0 spiro atoms. The number of carbonyl (C=O) groups is 1. The van der Waals surface area contributed by atoms with E-state index >= 15 is 0 Å². The van der Waals surface area contributed by atoms with Crippen LogP contribution in [0, 0.1) is 5.92 Å². The van der Waals surface area contributed by atoms with Crippen LogP contribution in [0.2, 0.25) is 0 Å². The molecule has 4 heteroatoms. The first-order chi connectivity index (χ1) is 10.5. The predicted molar refractivity (Wildman–Crippen MR) is 89.7 cm³/mol. The molecule has 0 aromatic heterocycles. The minimum Gasteiger partial charge on any atom is -0.393 e. The van der Waals surface area contributed by atoms with E-state index < -0.39 is 0 Å². The second-order valence-electron chi connectivity index (χ2n) is 7.47. The molecule has 2 aliphatic rings. The Bertz CT molecular complexity index is 355. The van der Waals surface area contributed by atoms with Gasteiger partial charge in [0.05, 0.1) is 12.1 Å². The number of aliphatic hydroxyl groups excluding tert-OH is 1. The maximum atomic E-state index is 12.7. The summed E-state index contributed by atoms with van der Waals surface area (Å²) < 4.78 is 0. The molecule has 4 nitrogen and oxygen atoms in total. The summed E-state index contributed by atoms with van der Waals surface area (Å²) in [7, 11) is 4.00. The molecule has 0 aliphatic heterocycles. The molecule has 3 atom stereocenters. The van der Waals surface area contributed by atoms with Crippen LogP contribution in [0.15, 0.2) is 0 Å². The molecule has 0 saturated heterocycles. The largest absolute Gasteiger partial charge is 0.393 e. The average Bonchev–Trinajstić information content (AvgIpc) is 2.55. The van der Waals surface area contributed by atoms with Crippen LogP contribution >= 0.6 is 0 Å². The second-order valence-corrected chi connectivity index (χ2v) is 7.47. The lowest BCUT2D eigenvalue weighted by Gasteiger charge is -2.37. The van der Waals surface area contributed by atoms with Gasteiger partial charge in [0.25, 0.3) is 0 Å². The van der Waals surface area contributed by atoms with Gasteiger partial charge in [-0.1, -0.05) is 32.1 Å². The summed E-state index contributed by atoms with van der Waals surface area (Å²) in [6, 6.07) is 0.332. The number of aliphatic hydroxyl groups is 1. The van der Waals surface area contributed by atoms with E-state index in [-0.39, 0.29) is 18.1 Å². The quantitative estimate of drug-likeness (QED) is 0.849. The molecule has 0 bridgehead atoms. The zero-order chi connectivity index (χ0) is 16.1. The molecule has 2 saturated carbocycles. The average molecular weight is 310 g/mol. The Morgan fingerprint density at radius 2 is 1.64 bits per heavy atom. The van der Waals surface area contributed by atoms with Gasteiger partial charge in [0.1, 0.15) is 0 Å². The Morgan fingerprint density at radius 3 is 2.27 bits per heavy atom. The van der Waals surface area contributed by atoms with Gasteiger partial charge >= 0.3 is 0 Å². The van der Waals surface area contributed by atoms with Gasteiger partial charge in [0.15, 0.2) is 0 Å². The van der Waals surface area contributed by atoms with Crippen molar-refractivity contribution >= 4 is 5.91 Å². The van der Waals surface area contributed by atoms with E-state index in [9.17, 15) is 9.90 Å². The van der Waals surface area contributed by atoms with Gasteiger partial charge in [0.2, 0.25) is 5.91 Å². The van der Waals surface area contributed by atoms with Crippen molar-refractivity contribution in [1.82, 2.24) is 9.80 Å². The Kier molecular flexibility index (Phi) is 6.69. The predicted octanol–water partition coefficient (Wildman–Crippen LogP) is 2.65. The summed E-state index contributed by atoms with van der Waals surface area (Å²) in [6.45, 7) is 2.84. The van der Waals surface area contributed by atoms with Gasteiger partial charge in [-0.2, -0.15) is 0 Å². The van der Waals surface area contributed by atoms with E-state index in [1.54, 1.807) is 0 Å². The minimum atomic E-state index is -0.186. The van der Waals surface area contributed by atoms with Crippen molar-refractivity contribution in [3.8, 4) is 0 Å². The SMILES string of the molecule is CC(C(=O)N(C)C1CCCCC1)N(C)CC1CCCCC1O. The topological polar surface area (TPSA) is 43.8 Å². The van der Waals surface area contributed by atoms with Gasteiger partial charge < -0.3 is 10.0 Å². The van der Waals surface area contributed by atoms with Crippen molar-refractivity contribution in [3.63, 3.8) is 0 Å². The number of nitrogens with zero attached hydrogens (tertiary/aromatic N) is 2. The van der Waals surface area contributed by atoms with E-state index in [1.807, 2.05) is 25.9 Å². The number of likely N-dealkylation sites (N-methyl/N-ethyl adjacent to an activating group) is 2. The Hall–Kier alpha value is -0.610. The molecule has 0 heterocycles. The molecule has 1 amide bonds. The van der Waals surface area contributed by atoms with Gasteiger partial charge in [-0.25, -0.2) is 0 Å². The van der Waals surface area contributed by atoms with Gasteiger partial charge in [-0.05, 0) is 45.6 Å². The monoisotopic (exact) mass is 310 g/mol. The normalized spacial score (nSPS) is 28.6. The molecule has 2 rings (SSSR count). The number of amides is 1. The molecule has 0 radical (unpaired) electrons. The van der Waals surface area contributed by atoms with Crippen LogP contribution in [-0.4, -0.2) is 59.6 Å². The molecule has 0 aromatic rings. The van der Waals surface area contributed by atoms with E-state index in [0.29, 0.717) is 12.0 Å². The molecule has 3 unspecified atom stereocenters. The smallest absolute Gasteiger partial charge is 0.239 e. The highest BCUT2D eigenvalue weighted by molar-refractivity contribution is 5.81. The standard InChI is InChI=1S/C18H34N2O2/c1-14(18(22)20(3)16-10-5-4-6-11-16)19(2)13-15-9-7-8-12-17(15)21/h14-17,21H,4-13H2,1-3H3. The highest BCUT2D eigenvalue weighted by Crippen LogP contribution is 2.26. The maximum absolute atomic E-state index is 12.7. The third-order valence-corrected chi connectivity index (χ3v) is 5.88. The first-order valence-electron chi connectivity index (χ1n) is 9.15. The lowest BCUT2D eigenvalue weighted by Crippen LogP contribution is -2.50. The Labute approximate surface area is 135 Å². The molecule has 2 aliphatic carbocycles. The lowest BCUT2D eigenvalue weighted by molar-refractivity contribution is -0.137. The fourth-order valence-electron chi connectivity index (χ4n) is 4.06. The summed E-state index contributed by atoms with van der Waals surface area (Å²) in [5.41, 5.74) is 0. The second kappa shape index (κ2) is 8.30. The van der Waals surface area contributed by atoms with Crippen molar-refractivity contribution in [2.45, 2.75) is 82.9 Å². The van der Waals surface area contributed by atoms with Gasteiger partial charge in [-0.3, -0.25) is 9.69 Å². The van der Waals surface area contributed by atoms with E-state index in [1.165, 1.54) is 25.7 Å².